The van der Waals surface area contributed by atoms with Gasteiger partial charge in [0.15, 0.2) is 12.4 Å². The van der Waals surface area contributed by atoms with E-state index < -0.39 is 12.6 Å². The third-order valence-corrected chi connectivity index (χ3v) is 5.95. The molecule has 0 spiro atoms. The fourth-order valence-corrected chi connectivity index (χ4v) is 4.77. The second-order valence-electron chi connectivity index (χ2n) is 6.75. The van der Waals surface area contributed by atoms with Crippen molar-refractivity contribution in [3.8, 4) is 5.75 Å². The van der Waals surface area contributed by atoms with Gasteiger partial charge in [-0.1, -0.05) is 12.5 Å². The van der Waals surface area contributed by atoms with Crippen LogP contribution in [0.25, 0.3) is 10.2 Å². The van der Waals surface area contributed by atoms with Crippen molar-refractivity contribution in [1.82, 2.24) is 9.97 Å². The molecule has 1 aliphatic rings. The summed E-state index contributed by atoms with van der Waals surface area (Å²) in [5, 5.41) is 0.916. The van der Waals surface area contributed by atoms with Crippen LogP contribution in [0.15, 0.2) is 24.3 Å². The van der Waals surface area contributed by atoms with E-state index in [2.05, 4.69) is 14.7 Å². The lowest BCUT2D eigenvalue weighted by Crippen LogP contribution is -2.09. The number of thiophene rings is 1. The number of halogens is 2. The van der Waals surface area contributed by atoms with Gasteiger partial charge in [-0.3, -0.25) is 0 Å². The first kappa shape index (κ1) is 19.5. The minimum atomic E-state index is -2.97. The highest BCUT2D eigenvalue weighted by molar-refractivity contribution is 7.19. The Morgan fingerprint density at radius 3 is 2.86 bits per heavy atom. The molecule has 2 aromatic heterocycles. The van der Waals surface area contributed by atoms with Crippen molar-refractivity contribution in [2.45, 2.75) is 45.3 Å². The first-order valence-electron chi connectivity index (χ1n) is 9.30. The highest BCUT2D eigenvalue weighted by atomic mass is 32.1. The van der Waals surface area contributed by atoms with Gasteiger partial charge in [0, 0.05) is 4.88 Å². The molecule has 29 heavy (non-hydrogen) atoms. The molecule has 0 saturated heterocycles. The van der Waals surface area contributed by atoms with Crippen molar-refractivity contribution < 1.29 is 23.0 Å². The Bertz CT molecular complexity index is 1050. The highest BCUT2D eigenvalue weighted by Gasteiger charge is 2.20. The third-order valence-electron chi connectivity index (χ3n) is 4.77. The molecule has 9 heteroatoms. The van der Waals surface area contributed by atoms with E-state index in [-0.39, 0.29) is 17.9 Å². The molecule has 0 aliphatic heterocycles. The number of nitrogen functional groups attached to an aromatic ring is 1. The minimum absolute atomic E-state index is 0.0973. The smallest absolute Gasteiger partial charge is 0.387 e. The van der Waals surface area contributed by atoms with Crippen LogP contribution in [0.5, 0.6) is 5.75 Å². The predicted octanol–water partition coefficient (Wildman–Crippen LogP) is 4.50. The van der Waals surface area contributed by atoms with Crippen LogP contribution in [0, 0.1) is 0 Å². The number of fused-ring (bicyclic) bond motifs is 3. The van der Waals surface area contributed by atoms with Gasteiger partial charge in [0.25, 0.3) is 0 Å². The summed E-state index contributed by atoms with van der Waals surface area (Å²) in [5.74, 6) is -0.0991. The molecule has 0 amide bonds. The molecular weight excluding hydrogens is 400 g/mol. The number of aromatic nitrogens is 2. The number of nitrogens with two attached hydrogens (primary N) is 1. The SMILES string of the molecule is Nc1nc(COC(=O)c2cccc(OC(F)F)c2)nc2sc3c(c12)CCCCC3. The van der Waals surface area contributed by atoms with E-state index in [9.17, 15) is 13.6 Å². The van der Waals surface area contributed by atoms with Crippen LogP contribution in [0.2, 0.25) is 0 Å². The summed E-state index contributed by atoms with van der Waals surface area (Å²) in [5.41, 5.74) is 7.53. The number of esters is 1. The van der Waals surface area contributed by atoms with E-state index in [1.165, 1.54) is 41.1 Å². The Morgan fingerprint density at radius 2 is 2.03 bits per heavy atom. The van der Waals surface area contributed by atoms with Crippen molar-refractivity contribution in [2.24, 2.45) is 0 Å². The Morgan fingerprint density at radius 1 is 1.21 bits per heavy atom. The lowest BCUT2D eigenvalue weighted by molar-refractivity contribution is -0.0499. The van der Waals surface area contributed by atoms with E-state index in [4.69, 9.17) is 10.5 Å². The van der Waals surface area contributed by atoms with Crippen molar-refractivity contribution in [2.75, 3.05) is 5.73 Å². The molecule has 152 valence electrons. The summed E-state index contributed by atoms with van der Waals surface area (Å²) in [6.45, 7) is -3.13. The van der Waals surface area contributed by atoms with Crippen LogP contribution < -0.4 is 10.5 Å². The second-order valence-corrected chi connectivity index (χ2v) is 7.84. The highest BCUT2D eigenvalue weighted by Crippen LogP contribution is 2.37. The molecule has 2 N–H and O–H groups in total. The normalized spacial score (nSPS) is 13.9. The Labute approximate surface area is 169 Å². The Kier molecular flexibility index (Phi) is 5.57. The van der Waals surface area contributed by atoms with Gasteiger partial charge in [0.1, 0.15) is 16.4 Å². The van der Waals surface area contributed by atoms with Crippen molar-refractivity contribution >= 4 is 33.3 Å². The molecule has 0 saturated carbocycles. The van der Waals surface area contributed by atoms with Gasteiger partial charge in [-0.25, -0.2) is 14.8 Å². The van der Waals surface area contributed by atoms with E-state index in [0.29, 0.717) is 11.6 Å². The summed E-state index contributed by atoms with van der Waals surface area (Å²) in [6, 6.07) is 5.42. The van der Waals surface area contributed by atoms with Crippen LogP contribution in [0.3, 0.4) is 0 Å². The number of hydrogen-bond donors (Lipinski definition) is 1. The average molecular weight is 419 g/mol. The van der Waals surface area contributed by atoms with E-state index >= 15 is 0 Å². The molecule has 0 radical (unpaired) electrons. The number of carbonyl (C=O) groups excluding carboxylic acids is 1. The molecule has 6 nitrogen and oxygen atoms in total. The first-order chi connectivity index (χ1) is 14.0. The molecule has 1 aromatic carbocycles. The molecule has 0 fully saturated rings. The largest absolute Gasteiger partial charge is 0.454 e. The molecule has 0 bridgehead atoms. The molecule has 1 aliphatic carbocycles. The van der Waals surface area contributed by atoms with Crippen molar-refractivity contribution in [3.63, 3.8) is 0 Å². The van der Waals surface area contributed by atoms with Crippen molar-refractivity contribution in [1.29, 1.82) is 0 Å². The monoisotopic (exact) mass is 419 g/mol. The maximum absolute atomic E-state index is 12.3. The summed E-state index contributed by atoms with van der Waals surface area (Å²) in [6.07, 6.45) is 5.50. The fraction of sp³-hybridized carbons (Fsp3) is 0.350. The minimum Gasteiger partial charge on any atom is -0.454 e. The zero-order valence-corrected chi connectivity index (χ0v) is 16.3. The maximum Gasteiger partial charge on any atom is 0.387 e. The van der Waals surface area contributed by atoms with Crippen LogP contribution >= 0.6 is 11.3 Å². The third kappa shape index (κ3) is 4.29. The standard InChI is InChI=1S/C20H19F2N3O3S/c21-20(22)28-12-6-4-5-11(9-12)19(26)27-10-15-24-17(23)16-13-7-2-1-3-8-14(13)29-18(16)25-15/h4-6,9,20H,1-3,7-8,10H2,(H2,23,24,25). The zero-order chi connectivity index (χ0) is 20.4. The topological polar surface area (TPSA) is 87.3 Å². The maximum atomic E-state index is 12.3. The van der Waals surface area contributed by atoms with Gasteiger partial charge < -0.3 is 15.2 Å². The average Bonchev–Trinajstić information content (AvgIpc) is 2.88. The molecule has 0 atom stereocenters. The first-order valence-corrected chi connectivity index (χ1v) is 10.1. The number of carbonyl (C=O) groups is 1. The number of alkyl halides is 2. The second kappa shape index (κ2) is 8.28. The summed E-state index contributed by atoms with van der Waals surface area (Å²) in [7, 11) is 0. The number of rotatable bonds is 5. The van der Waals surface area contributed by atoms with Gasteiger partial charge in [-0.2, -0.15) is 8.78 Å². The van der Waals surface area contributed by atoms with Crippen LogP contribution in [-0.2, 0) is 24.2 Å². The lowest BCUT2D eigenvalue weighted by atomic mass is 10.1. The van der Waals surface area contributed by atoms with Crippen LogP contribution in [-0.4, -0.2) is 22.5 Å². The molecule has 3 aromatic rings. The number of hydrogen-bond acceptors (Lipinski definition) is 7. The van der Waals surface area contributed by atoms with Crippen molar-refractivity contribution in [3.05, 3.63) is 46.1 Å². The quantitative estimate of drug-likeness (QED) is 0.484. The van der Waals surface area contributed by atoms with Gasteiger partial charge in [0.2, 0.25) is 0 Å². The van der Waals surface area contributed by atoms with Gasteiger partial charge in [-0.05, 0) is 49.4 Å². The summed E-state index contributed by atoms with van der Waals surface area (Å²) >= 11 is 1.62. The number of anilines is 1. The van der Waals surface area contributed by atoms with Gasteiger partial charge in [0.05, 0.1) is 10.9 Å². The van der Waals surface area contributed by atoms with Gasteiger partial charge >= 0.3 is 12.6 Å². The Hall–Kier alpha value is -2.81. The van der Waals surface area contributed by atoms with Crippen LogP contribution in [0.1, 0.15) is 45.9 Å². The molecule has 4 rings (SSSR count). The van der Waals surface area contributed by atoms with E-state index in [1.54, 1.807) is 11.3 Å². The Balaban J connectivity index is 1.50. The van der Waals surface area contributed by atoms with E-state index in [0.717, 1.165) is 35.9 Å². The molecular formula is C20H19F2N3O3S. The lowest BCUT2D eigenvalue weighted by Gasteiger charge is -2.08. The van der Waals surface area contributed by atoms with Crippen LogP contribution in [0.4, 0.5) is 14.6 Å². The summed E-state index contributed by atoms with van der Waals surface area (Å²) < 4.78 is 34.2. The predicted molar refractivity (Wildman–Crippen MR) is 105 cm³/mol. The number of benzene rings is 1. The number of nitrogens with zero attached hydrogens (tertiary/aromatic N) is 2. The number of aryl methyl sites for hydroxylation is 2. The van der Waals surface area contributed by atoms with Gasteiger partial charge in [-0.15, -0.1) is 11.3 Å². The zero-order valence-electron chi connectivity index (χ0n) is 15.5. The summed E-state index contributed by atoms with van der Waals surface area (Å²) in [4.78, 5) is 23.2. The molecule has 0 unspecified atom stereocenters. The van der Waals surface area contributed by atoms with E-state index in [1.807, 2.05) is 0 Å². The number of ether oxygens (including phenoxy) is 2. The fourth-order valence-electron chi connectivity index (χ4n) is 3.49. The molecule has 2 heterocycles.